The van der Waals surface area contributed by atoms with Gasteiger partial charge in [-0.05, 0) is 39.7 Å². The number of carbonyl (C=O) groups is 1. The van der Waals surface area contributed by atoms with E-state index in [1.807, 2.05) is 0 Å². The molecule has 0 bridgehead atoms. The lowest BCUT2D eigenvalue weighted by Gasteiger charge is -2.04. The molecule has 0 aromatic heterocycles. The molecule has 1 N–H and O–H groups in total. The van der Waals surface area contributed by atoms with Gasteiger partial charge in [-0.1, -0.05) is 23.2 Å². The molecule has 1 rings (SSSR count). The van der Waals surface area contributed by atoms with Gasteiger partial charge < -0.3 is 5.32 Å². The molecule has 0 radical (unpaired) electrons. The first-order valence-corrected chi connectivity index (χ1v) is 5.04. The van der Waals surface area contributed by atoms with Crippen molar-refractivity contribution in [2.75, 3.05) is 5.32 Å². The molecule has 0 atom stereocenters. The molecule has 0 aliphatic rings. The van der Waals surface area contributed by atoms with Crippen molar-refractivity contribution in [2.24, 2.45) is 0 Å². The molecule has 0 spiro atoms. The van der Waals surface area contributed by atoms with Gasteiger partial charge in [-0.2, -0.15) is 0 Å². The molecule has 0 saturated heterocycles. The Kier molecular flexibility index (Phi) is 3.86. The largest absolute Gasteiger partial charge is 0.318 e. The quantitative estimate of drug-likeness (QED) is 0.461. The van der Waals surface area contributed by atoms with Crippen LogP contribution in [0.15, 0.2) is 16.6 Å². The number of nitrogens with one attached hydrogen (secondary N) is 1. The number of anilines is 1. The second kappa shape index (κ2) is 4.51. The fourth-order valence-corrected chi connectivity index (χ4v) is 1.57. The summed E-state index contributed by atoms with van der Waals surface area (Å²) in [6, 6.07) is 3.08. The van der Waals surface area contributed by atoms with Crippen LogP contribution in [0.3, 0.4) is 0 Å². The van der Waals surface area contributed by atoms with E-state index in [0.717, 1.165) is 0 Å². The van der Waals surface area contributed by atoms with E-state index in [4.69, 9.17) is 34.8 Å². The summed E-state index contributed by atoms with van der Waals surface area (Å²) in [5.74, 6) is 0. The summed E-state index contributed by atoms with van der Waals surface area (Å²) < 4.78 is 0.586. The molecule has 13 heavy (non-hydrogen) atoms. The first kappa shape index (κ1) is 11.1. The second-order valence-electron chi connectivity index (χ2n) is 2.15. The Bertz CT molecular complexity index is 333. The SMILES string of the molecule is O=C(Cl)Nc1cc(Cl)c(Br)c(Cl)c1. The van der Waals surface area contributed by atoms with Gasteiger partial charge in [-0.15, -0.1) is 0 Å². The number of carbonyl (C=O) groups excluding carboxylic acids is 1. The minimum absolute atomic E-state index is 0.410. The fourth-order valence-electron chi connectivity index (χ4n) is 0.741. The van der Waals surface area contributed by atoms with E-state index in [-0.39, 0.29) is 0 Å². The Hall–Kier alpha value is 0.0400. The van der Waals surface area contributed by atoms with Gasteiger partial charge in [0.05, 0.1) is 14.5 Å². The van der Waals surface area contributed by atoms with Crippen LogP contribution < -0.4 is 5.32 Å². The van der Waals surface area contributed by atoms with Crippen LogP contribution in [0.4, 0.5) is 10.5 Å². The Morgan fingerprint density at radius 1 is 1.31 bits per heavy atom. The number of halogens is 4. The maximum Gasteiger partial charge on any atom is 0.318 e. The van der Waals surface area contributed by atoms with Crippen molar-refractivity contribution in [1.29, 1.82) is 0 Å². The van der Waals surface area contributed by atoms with Crippen molar-refractivity contribution in [2.45, 2.75) is 0 Å². The van der Waals surface area contributed by atoms with E-state index >= 15 is 0 Å². The van der Waals surface area contributed by atoms with Crippen LogP contribution >= 0.6 is 50.7 Å². The standard InChI is InChI=1S/C7H3BrCl3NO/c8-6-4(9)1-3(2-5(6)10)12-7(11)13/h1-2H,(H,12,13). The van der Waals surface area contributed by atoms with Crippen molar-refractivity contribution in [1.82, 2.24) is 0 Å². The van der Waals surface area contributed by atoms with Crippen LogP contribution in [0.5, 0.6) is 0 Å². The van der Waals surface area contributed by atoms with Crippen LogP contribution in [0, 0.1) is 0 Å². The van der Waals surface area contributed by atoms with Crippen molar-refractivity contribution in [3.05, 3.63) is 26.7 Å². The first-order chi connectivity index (χ1) is 6.00. The van der Waals surface area contributed by atoms with Gasteiger partial charge >= 0.3 is 5.37 Å². The third-order valence-electron chi connectivity index (χ3n) is 1.23. The molecule has 6 heteroatoms. The van der Waals surface area contributed by atoms with Gasteiger partial charge in [-0.3, -0.25) is 4.79 Å². The molecule has 1 aromatic rings. The average molecular weight is 303 g/mol. The molecule has 0 saturated carbocycles. The van der Waals surface area contributed by atoms with Crippen molar-refractivity contribution in [3.63, 3.8) is 0 Å². The molecule has 2 nitrogen and oxygen atoms in total. The second-order valence-corrected chi connectivity index (χ2v) is 4.10. The lowest BCUT2D eigenvalue weighted by atomic mass is 10.3. The Morgan fingerprint density at radius 3 is 2.15 bits per heavy atom. The number of hydrogen-bond acceptors (Lipinski definition) is 1. The van der Waals surface area contributed by atoms with Gasteiger partial charge in [0, 0.05) is 5.69 Å². The van der Waals surface area contributed by atoms with Gasteiger partial charge in [0.2, 0.25) is 0 Å². The molecule has 0 heterocycles. The van der Waals surface area contributed by atoms with E-state index < -0.39 is 5.37 Å². The summed E-state index contributed by atoms with van der Waals surface area (Å²) >= 11 is 19.8. The van der Waals surface area contributed by atoms with E-state index in [9.17, 15) is 4.79 Å². The summed E-state index contributed by atoms with van der Waals surface area (Å²) in [4.78, 5) is 10.5. The highest BCUT2D eigenvalue weighted by molar-refractivity contribution is 9.10. The minimum Gasteiger partial charge on any atom is -0.312 e. The predicted molar refractivity (Wildman–Crippen MR) is 59.0 cm³/mol. The molecule has 0 fully saturated rings. The third kappa shape index (κ3) is 3.02. The van der Waals surface area contributed by atoms with Crippen molar-refractivity contribution in [3.8, 4) is 0 Å². The zero-order valence-corrected chi connectivity index (χ0v) is 9.93. The minimum atomic E-state index is -0.686. The monoisotopic (exact) mass is 301 g/mol. The summed E-state index contributed by atoms with van der Waals surface area (Å²) in [5.41, 5.74) is 0.457. The maximum absolute atomic E-state index is 10.5. The highest BCUT2D eigenvalue weighted by atomic mass is 79.9. The summed E-state index contributed by atoms with van der Waals surface area (Å²) in [7, 11) is 0. The fraction of sp³-hybridized carbons (Fsp3) is 0. The van der Waals surface area contributed by atoms with Crippen molar-refractivity contribution >= 4 is 61.8 Å². The number of benzene rings is 1. The zero-order chi connectivity index (χ0) is 10.0. The van der Waals surface area contributed by atoms with Gasteiger partial charge in [-0.25, -0.2) is 0 Å². The summed E-state index contributed by atoms with van der Waals surface area (Å²) in [5, 5.41) is 2.48. The zero-order valence-electron chi connectivity index (χ0n) is 6.07. The predicted octanol–water partition coefficient (Wildman–Crippen LogP) is 4.53. The topological polar surface area (TPSA) is 29.1 Å². The molecule has 1 aromatic carbocycles. The van der Waals surface area contributed by atoms with E-state index in [2.05, 4.69) is 21.2 Å². The van der Waals surface area contributed by atoms with Crippen LogP contribution in [0.1, 0.15) is 0 Å². The molecule has 0 unspecified atom stereocenters. The molecule has 1 amide bonds. The normalized spacial score (nSPS) is 9.85. The van der Waals surface area contributed by atoms with E-state index in [0.29, 0.717) is 20.2 Å². The Morgan fingerprint density at radius 2 is 1.77 bits per heavy atom. The number of amides is 1. The van der Waals surface area contributed by atoms with Crippen LogP contribution in [-0.2, 0) is 0 Å². The highest BCUT2D eigenvalue weighted by Crippen LogP contribution is 2.33. The summed E-state index contributed by atoms with van der Waals surface area (Å²) in [6.45, 7) is 0. The molecular formula is C7H3BrCl3NO. The smallest absolute Gasteiger partial charge is 0.312 e. The van der Waals surface area contributed by atoms with Crippen LogP contribution in [0.2, 0.25) is 10.0 Å². The first-order valence-electron chi connectivity index (χ1n) is 3.11. The molecule has 70 valence electrons. The highest BCUT2D eigenvalue weighted by Gasteiger charge is 2.06. The Labute approximate surface area is 98.3 Å². The lowest BCUT2D eigenvalue weighted by Crippen LogP contribution is -2.00. The average Bonchev–Trinajstić information content (AvgIpc) is 1.98. The molecule has 0 aliphatic heterocycles. The maximum atomic E-state index is 10.5. The third-order valence-corrected chi connectivity index (χ3v) is 3.23. The van der Waals surface area contributed by atoms with Gasteiger partial charge in [0.25, 0.3) is 0 Å². The van der Waals surface area contributed by atoms with Crippen molar-refractivity contribution < 1.29 is 4.79 Å². The number of hydrogen-bond donors (Lipinski definition) is 1. The van der Waals surface area contributed by atoms with Gasteiger partial charge in [0.1, 0.15) is 0 Å². The molecular weight excluding hydrogens is 300 g/mol. The molecule has 0 aliphatic carbocycles. The number of rotatable bonds is 1. The Balaban J connectivity index is 3.06. The van der Waals surface area contributed by atoms with Crippen LogP contribution in [0.25, 0.3) is 0 Å². The van der Waals surface area contributed by atoms with Crippen LogP contribution in [-0.4, -0.2) is 5.37 Å². The van der Waals surface area contributed by atoms with Gasteiger partial charge in [0.15, 0.2) is 0 Å². The van der Waals surface area contributed by atoms with E-state index in [1.165, 1.54) is 12.1 Å². The van der Waals surface area contributed by atoms with E-state index in [1.54, 1.807) is 0 Å². The summed E-state index contributed by atoms with van der Waals surface area (Å²) in [6.07, 6.45) is 0. The lowest BCUT2D eigenvalue weighted by molar-refractivity contribution is 0.269.